The van der Waals surface area contributed by atoms with E-state index in [2.05, 4.69) is 0 Å². The SMILES string of the molecule is CC(CS(=O)(=O)O)(CS(=O)(=O)O)S(=O)O. The van der Waals surface area contributed by atoms with E-state index >= 15 is 0 Å². The van der Waals surface area contributed by atoms with Crippen LogP contribution in [0.5, 0.6) is 0 Å². The van der Waals surface area contributed by atoms with Gasteiger partial charge in [0.05, 0.1) is 11.5 Å². The van der Waals surface area contributed by atoms with Crippen LogP contribution in [0, 0.1) is 0 Å². The second-order valence-electron chi connectivity index (χ2n) is 3.15. The first-order valence-corrected chi connectivity index (χ1v) is 7.69. The molecule has 0 aromatic heterocycles. The summed E-state index contributed by atoms with van der Waals surface area (Å²) < 4.78 is 76.1. The predicted octanol–water partition coefficient (Wildman–Crippen LogP) is -1.26. The van der Waals surface area contributed by atoms with Gasteiger partial charge in [-0.2, -0.15) is 16.8 Å². The van der Waals surface area contributed by atoms with Crippen molar-refractivity contribution in [3.8, 4) is 0 Å². The van der Waals surface area contributed by atoms with Gasteiger partial charge in [-0.05, 0) is 6.92 Å². The topological polar surface area (TPSA) is 146 Å². The summed E-state index contributed by atoms with van der Waals surface area (Å²) in [4.78, 5) is 0. The third kappa shape index (κ3) is 6.17. The molecule has 8 nitrogen and oxygen atoms in total. The van der Waals surface area contributed by atoms with Gasteiger partial charge in [0, 0.05) is 0 Å². The molecule has 92 valence electrons. The molecule has 1 unspecified atom stereocenters. The molecule has 0 radical (unpaired) electrons. The molecule has 0 heterocycles. The number of hydrogen-bond donors (Lipinski definition) is 3. The lowest BCUT2D eigenvalue weighted by Crippen LogP contribution is -2.44. The fourth-order valence-electron chi connectivity index (χ4n) is 0.914. The second-order valence-corrected chi connectivity index (χ2v) is 7.54. The first-order valence-electron chi connectivity index (χ1n) is 3.37. The van der Waals surface area contributed by atoms with E-state index in [0.29, 0.717) is 0 Å². The summed E-state index contributed by atoms with van der Waals surface area (Å²) >= 11 is -2.84. The average Bonchev–Trinajstić information content (AvgIpc) is 1.75. The Hall–Kier alpha value is -0.0700. The molecule has 3 N–H and O–H groups in total. The van der Waals surface area contributed by atoms with Crippen LogP contribution in [0.3, 0.4) is 0 Å². The Morgan fingerprint density at radius 1 is 1.07 bits per heavy atom. The Morgan fingerprint density at radius 2 is 1.33 bits per heavy atom. The van der Waals surface area contributed by atoms with E-state index in [0.717, 1.165) is 6.92 Å². The van der Waals surface area contributed by atoms with Crippen LogP contribution in [0.2, 0.25) is 0 Å². The third-order valence-electron chi connectivity index (χ3n) is 1.40. The Balaban J connectivity index is 5.19. The Bertz CT molecular complexity index is 410. The fraction of sp³-hybridized carbons (Fsp3) is 1.00. The van der Waals surface area contributed by atoms with Crippen LogP contribution >= 0.6 is 0 Å². The van der Waals surface area contributed by atoms with Crippen molar-refractivity contribution in [1.29, 1.82) is 0 Å². The Labute approximate surface area is 89.5 Å². The van der Waals surface area contributed by atoms with Crippen molar-refractivity contribution in [1.82, 2.24) is 0 Å². The molecule has 11 heteroatoms. The van der Waals surface area contributed by atoms with Crippen molar-refractivity contribution >= 4 is 31.3 Å². The van der Waals surface area contributed by atoms with Crippen molar-refractivity contribution in [2.24, 2.45) is 0 Å². The van der Waals surface area contributed by atoms with Gasteiger partial charge in [0.15, 0.2) is 11.1 Å². The highest BCUT2D eigenvalue weighted by atomic mass is 32.2. The molecule has 0 aromatic carbocycles. The maximum absolute atomic E-state index is 10.7. The summed E-state index contributed by atoms with van der Waals surface area (Å²) in [7, 11) is -9.26. The highest BCUT2D eigenvalue weighted by Crippen LogP contribution is 2.17. The largest absolute Gasteiger partial charge is 0.306 e. The van der Waals surface area contributed by atoms with Crippen molar-refractivity contribution in [3.63, 3.8) is 0 Å². The highest BCUT2D eigenvalue weighted by molar-refractivity contribution is 7.90. The van der Waals surface area contributed by atoms with Crippen molar-refractivity contribution in [2.45, 2.75) is 11.7 Å². The van der Waals surface area contributed by atoms with Gasteiger partial charge in [-0.15, -0.1) is 0 Å². The minimum atomic E-state index is -4.63. The molecule has 15 heavy (non-hydrogen) atoms. The van der Waals surface area contributed by atoms with Crippen LogP contribution in [0.25, 0.3) is 0 Å². The molecule has 0 bridgehead atoms. The zero-order valence-corrected chi connectivity index (χ0v) is 9.97. The van der Waals surface area contributed by atoms with E-state index in [1.54, 1.807) is 0 Å². The molecule has 0 aromatic rings. The quantitative estimate of drug-likeness (QED) is 0.418. The lowest BCUT2D eigenvalue weighted by Gasteiger charge is -2.21. The summed E-state index contributed by atoms with van der Waals surface area (Å²) in [6.45, 7) is 0.838. The first kappa shape index (κ1) is 14.9. The number of hydrogen-bond acceptors (Lipinski definition) is 5. The summed E-state index contributed by atoms with van der Waals surface area (Å²) in [6, 6.07) is 0. The molecule has 0 saturated heterocycles. The van der Waals surface area contributed by atoms with Crippen LogP contribution < -0.4 is 0 Å². The minimum absolute atomic E-state index is 0.838. The van der Waals surface area contributed by atoms with Gasteiger partial charge in [0.2, 0.25) is 0 Å². The fourth-order valence-corrected chi connectivity index (χ4v) is 4.49. The van der Waals surface area contributed by atoms with E-state index in [9.17, 15) is 21.0 Å². The maximum atomic E-state index is 10.7. The van der Waals surface area contributed by atoms with Crippen LogP contribution in [-0.4, -0.2) is 51.0 Å². The summed E-state index contributed by atoms with van der Waals surface area (Å²) in [5, 5.41) is 0. The molecule has 0 aliphatic carbocycles. The zero-order chi connectivity index (χ0) is 12.5. The van der Waals surface area contributed by atoms with E-state index in [1.807, 2.05) is 0 Å². The molecule has 0 aliphatic rings. The lowest BCUT2D eigenvalue weighted by molar-refractivity contribution is 0.456. The molecular formula is C4H10O8S3. The first-order chi connectivity index (χ1) is 6.36. The zero-order valence-electron chi connectivity index (χ0n) is 7.52. The second kappa shape index (κ2) is 4.43. The molecule has 0 saturated carbocycles. The normalized spacial score (nSPS) is 16.3. The molecule has 0 aliphatic heterocycles. The molecule has 0 fully saturated rings. The molecule has 0 rings (SSSR count). The van der Waals surface area contributed by atoms with Crippen molar-refractivity contribution in [3.05, 3.63) is 0 Å². The Kier molecular flexibility index (Phi) is 4.41. The van der Waals surface area contributed by atoms with Gasteiger partial charge in [0.25, 0.3) is 20.2 Å². The van der Waals surface area contributed by atoms with Crippen LogP contribution in [0.4, 0.5) is 0 Å². The van der Waals surface area contributed by atoms with Gasteiger partial charge in [0.1, 0.15) is 4.75 Å². The molecular weight excluding hydrogens is 272 g/mol. The van der Waals surface area contributed by atoms with Crippen LogP contribution in [-0.2, 0) is 31.3 Å². The van der Waals surface area contributed by atoms with Crippen molar-refractivity contribution < 1.29 is 34.7 Å². The standard InChI is InChI=1S/C4H10O8S3/c1-4(13(5)6,2-14(7,8)9)3-15(10,11)12/h2-3H2,1H3,(H,5,6)(H,7,8,9)(H,10,11,12). The van der Waals surface area contributed by atoms with Gasteiger partial charge in [-0.3, -0.25) is 9.11 Å². The van der Waals surface area contributed by atoms with Gasteiger partial charge in [-0.25, -0.2) is 4.21 Å². The molecule has 0 spiro atoms. The summed E-state index contributed by atoms with van der Waals surface area (Å²) in [6.07, 6.45) is 0. The van der Waals surface area contributed by atoms with Crippen LogP contribution in [0.15, 0.2) is 0 Å². The summed E-state index contributed by atoms with van der Waals surface area (Å²) in [5.74, 6) is -2.49. The van der Waals surface area contributed by atoms with Gasteiger partial charge in [-0.1, -0.05) is 0 Å². The third-order valence-corrected chi connectivity index (χ3v) is 4.90. The highest BCUT2D eigenvalue weighted by Gasteiger charge is 2.40. The average molecular weight is 282 g/mol. The van der Waals surface area contributed by atoms with E-state index < -0.39 is 47.6 Å². The summed E-state index contributed by atoms with van der Waals surface area (Å²) in [5.41, 5.74) is 0. The van der Waals surface area contributed by atoms with E-state index in [4.69, 9.17) is 13.7 Å². The number of rotatable bonds is 5. The minimum Gasteiger partial charge on any atom is -0.306 e. The Morgan fingerprint density at radius 3 is 1.47 bits per heavy atom. The molecule has 0 amide bonds. The van der Waals surface area contributed by atoms with Crippen LogP contribution in [0.1, 0.15) is 6.92 Å². The van der Waals surface area contributed by atoms with Crippen molar-refractivity contribution in [2.75, 3.05) is 11.5 Å². The predicted molar refractivity (Wildman–Crippen MR) is 52.0 cm³/mol. The van der Waals surface area contributed by atoms with E-state index in [-0.39, 0.29) is 0 Å². The monoisotopic (exact) mass is 282 g/mol. The van der Waals surface area contributed by atoms with Gasteiger partial charge >= 0.3 is 0 Å². The lowest BCUT2D eigenvalue weighted by atomic mass is 10.2. The molecule has 1 atom stereocenters. The van der Waals surface area contributed by atoms with E-state index in [1.165, 1.54) is 0 Å². The smallest absolute Gasteiger partial charge is 0.266 e. The van der Waals surface area contributed by atoms with Gasteiger partial charge < -0.3 is 4.55 Å². The maximum Gasteiger partial charge on any atom is 0.266 e.